The van der Waals surface area contributed by atoms with Gasteiger partial charge in [0.1, 0.15) is 6.54 Å². The van der Waals surface area contributed by atoms with Gasteiger partial charge in [-0.25, -0.2) is 0 Å². The minimum Gasteiger partial charge on any atom is -0.341 e. The molecule has 1 aromatic rings. The summed E-state index contributed by atoms with van der Waals surface area (Å²) in [5.41, 5.74) is -5.53. The summed E-state index contributed by atoms with van der Waals surface area (Å²) in [5.74, 6) is 0. The molecule has 0 aliphatic heterocycles. The van der Waals surface area contributed by atoms with Gasteiger partial charge in [-0.3, -0.25) is 4.55 Å². The molecule has 16 heavy (non-hydrogen) atoms. The summed E-state index contributed by atoms with van der Waals surface area (Å²) in [6, 6.07) is 5.83. The van der Waals surface area contributed by atoms with Crippen molar-refractivity contribution in [3.05, 3.63) is 24.5 Å². The summed E-state index contributed by atoms with van der Waals surface area (Å²) in [6.07, 6.45) is 3.73. The first-order chi connectivity index (χ1) is 7.18. The predicted octanol–water partition coefficient (Wildman–Crippen LogP) is 1.41. The topological polar surface area (TPSA) is 83.1 Å². The number of hydrogen-bond donors (Lipinski definition) is 1. The van der Waals surface area contributed by atoms with Crippen molar-refractivity contribution < 1.29 is 26.1 Å². The highest BCUT2D eigenvalue weighted by atomic mass is 32.2. The standard InChI is InChI=1S/C6H6N2.CHF3O3S/c7-3-6-8-4-1-2-5-8;2-1(3,4)8(5,6)7/h1-2,4-5H,6H2;(H,5,6,7). The van der Waals surface area contributed by atoms with Crippen molar-refractivity contribution in [1.82, 2.24) is 4.57 Å². The molecule has 1 heterocycles. The Labute approximate surface area is 89.5 Å². The lowest BCUT2D eigenvalue weighted by molar-refractivity contribution is -0.0510. The Bertz CT molecular complexity index is 444. The Kier molecular flexibility index (Phi) is 5.00. The number of halogens is 3. The third-order valence-electron chi connectivity index (χ3n) is 1.21. The van der Waals surface area contributed by atoms with E-state index in [0.717, 1.165) is 0 Å². The van der Waals surface area contributed by atoms with Gasteiger partial charge in [-0.15, -0.1) is 0 Å². The number of nitrogens with zero attached hydrogens (tertiary/aromatic N) is 2. The largest absolute Gasteiger partial charge is 0.522 e. The van der Waals surface area contributed by atoms with Gasteiger partial charge in [0, 0.05) is 12.4 Å². The van der Waals surface area contributed by atoms with E-state index in [1.165, 1.54) is 0 Å². The summed E-state index contributed by atoms with van der Waals surface area (Å²) in [6.45, 7) is 0.451. The van der Waals surface area contributed by atoms with Crippen LogP contribution in [-0.4, -0.2) is 23.0 Å². The molecule has 0 saturated heterocycles. The molecule has 1 rings (SSSR count). The molecule has 0 aliphatic rings. The van der Waals surface area contributed by atoms with Crippen LogP contribution < -0.4 is 0 Å². The van der Waals surface area contributed by atoms with Gasteiger partial charge in [0.15, 0.2) is 0 Å². The van der Waals surface area contributed by atoms with E-state index in [0.29, 0.717) is 6.54 Å². The summed E-state index contributed by atoms with van der Waals surface area (Å²) in [4.78, 5) is 0. The molecule has 0 radical (unpaired) electrons. The zero-order valence-electron chi connectivity index (χ0n) is 7.72. The second-order valence-corrected chi connectivity index (χ2v) is 3.85. The van der Waals surface area contributed by atoms with Crippen LogP contribution in [0.15, 0.2) is 24.5 Å². The molecule has 5 nitrogen and oxygen atoms in total. The summed E-state index contributed by atoms with van der Waals surface area (Å²) in [7, 11) is -5.84. The molecule has 0 atom stereocenters. The van der Waals surface area contributed by atoms with E-state index in [1.807, 2.05) is 35.2 Å². The molecule has 0 aromatic carbocycles. The van der Waals surface area contributed by atoms with Crippen molar-refractivity contribution >= 4 is 10.1 Å². The first kappa shape index (κ1) is 14.5. The lowest BCUT2D eigenvalue weighted by Gasteiger charge is -1.97. The van der Waals surface area contributed by atoms with Gasteiger partial charge >= 0.3 is 15.6 Å². The van der Waals surface area contributed by atoms with Crippen LogP contribution >= 0.6 is 0 Å². The molecule has 0 saturated carbocycles. The van der Waals surface area contributed by atoms with Crippen molar-refractivity contribution in [2.75, 3.05) is 0 Å². The van der Waals surface area contributed by atoms with Crippen molar-refractivity contribution in [2.24, 2.45) is 0 Å². The highest BCUT2D eigenvalue weighted by Crippen LogP contribution is 2.20. The fourth-order valence-corrected chi connectivity index (χ4v) is 0.557. The second kappa shape index (κ2) is 5.53. The van der Waals surface area contributed by atoms with Gasteiger partial charge in [0.25, 0.3) is 0 Å². The molecule has 0 bridgehead atoms. The molecule has 0 spiro atoms. The van der Waals surface area contributed by atoms with E-state index >= 15 is 0 Å². The molecule has 0 unspecified atom stereocenters. The quantitative estimate of drug-likeness (QED) is 0.608. The number of rotatable bonds is 1. The molecule has 0 amide bonds. The van der Waals surface area contributed by atoms with Gasteiger partial charge < -0.3 is 4.57 Å². The van der Waals surface area contributed by atoms with E-state index in [4.69, 9.17) is 18.2 Å². The Balaban J connectivity index is 0.000000281. The molecular formula is C7H7F3N2O3S. The average Bonchev–Trinajstić information content (AvgIpc) is 2.54. The van der Waals surface area contributed by atoms with Crippen LogP contribution in [0.5, 0.6) is 0 Å². The Morgan fingerprint density at radius 1 is 1.31 bits per heavy atom. The van der Waals surface area contributed by atoms with Crippen molar-refractivity contribution in [3.8, 4) is 6.07 Å². The van der Waals surface area contributed by atoms with Crippen LogP contribution in [-0.2, 0) is 16.7 Å². The summed E-state index contributed by atoms with van der Waals surface area (Å²) < 4.78 is 59.4. The van der Waals surface area contributed by atoms with Crippen LogP contribution in [0.4, 0.5) is 13.2 Å². The second-order valence-electron chi connectivity index (χ2n) is 2.43. The van der Waals surface area contributed by atoms with E-state index in [2.05, 4.69) is 0 Å². The normalized spacial score (nSPS) is 11.2. The maximum absolute atomic E-state index is 10.7. The molecular weight excluding hydrogens is 249 g/mol. The predicted molar refractivity (Wildman–Crippen MR) is 47.6 cm³/mol. The Morgan fingerprint density at radius 3 is 1.94 bits per heavy atom. The van der Waals surface area contributed by atoms with E-state index in [1.54, 1.807) is 0 Å². The van der Waals surface area contributed by atoms with Crippen molar-refractivity contribution in [1.29, 1.82) is 5.26 Å². The molecule has 90 valence electrons. The van der Waals surface area contributed by atoms with Crippen molar-refractivity contribution in [3.63, 3.8) is 0 Å². The number of hydrogen-bond acceptors (Lipinski definition) is 3. The fraction of sp³-hybridized carbons (Fsp3) is 0.286. The molecule has 0 aliphatic carbocycles. The average molecular weight is 256 g/mol. The van der Waals surface area contributed by atoms with Crippen LogP contribution in [0.25, 0.3) is 0 Å². The maximum Gasteiger partial charge on any atom is 0.522 e. The van der Waals surface area contributed by atoms with Crippen LogP contribution in [0.2, 0.25) is 0 Å². The highest BCUT2D eigenvalue weighted by molar-refractivity contribution is 7.86. The summed E-state index contributed by atoms with van der Waals surface area (Å²) in [5, 5.41) is 8.17. The van der Waals surface area contributed by atoms with E-state index < -0.39 is 15.6 Å². The van der Waals surface area contributed by atoms with E-state index in [9.17, 15) is 13.2 Å². The number of aromatic nitrogens is 1. The molecule has 9 heteroatoms. The Morgan fingerprint density at radius 2 is 1.69 bits per heavy atom. The fourth-order valence-electron chi connectivity index (χ4n) is 0.557. The van der Waals surface area contributed by atoms with Crippen LogP contribution in [0.3, 0.4) is 0 Å². The zero-order chi connectivity index (χ0) is 12.8. The third-order valence-corrected chi connectivity index (χ3v) is 1.80. The van der Waals surface area contributed by atoms with Crippen LogP contribution in [0, 0.1) is 11.3 Å². The van der Waals surface area contributed by atoms with Crippen LogP contribution in [0.1, 0.15) is 0 Å². The van der Waals surface area contributed by atoms with E-state index in [-0.39, 0.29) is 0 Å². The minimum atomic E-state index is -5.84. The third kappa shape index (κ3) is 5.38. The van der Waals surface area contributed by atoms with Gasteiger partial charge in [-0.1, -0.05) is 0 Å². The zero-order valence-corrected chi connectivity index (χ0v) is 8.53. The molecule has 0 fully saturated rings. The smallest absolute Gasteiger partial charge is 0.341 e. The first-order valence-corrected chi connectivity index (χ1v) is 5.14. The number of alkyl halides is 3. The van der Waals surface area contributed by atoms with Gasteiger partial charge in [-0.05, 0) is 12.1 Å². The van der Waals surface area contributed by atoms with Crippen molar-refractivity contribution in [2.45, 2.75) is 12.1 Å². The monoisotopic (exact) mass is 256 g/mol. The minimum absolute atomic E-state index is 0.451. The molecule has 1 N–H and O–H groups in total. The van der Waals surface area contributed by atoms with Gasteiger partial charge in [0.2, 0.25) is 0 Å². The Hall–Kier alpha value is -1.53. The van der Waals surface area contributed by atoms with Gasteiger partial charge in [0.05, 0.1) is 6.07 Å². The first-order valence-electron chi connectivity index (χ1n) is 3.70. The lowest BCUT2D eigenvalue weighted by Crippen LogP contribution is -2.21. The van der Waals surface area contributed by atoms with Gasteiger partial charge in [-0.2, -0.15) is 26.9 Å². The maximum atomic E-state index is 10.7. The summed E-state index contributed by atoms with van der Waals surface area (Å²) >= 11 is 0. The lowest BCUT2D eigenvalue weighted by atomic mass is 10.7. The highest BCUT2D eigenvalue weighted by Gasteiger charge is 2.44. The number of nitriles is 1. The molecule has 1 aromatic heterocycles. The SMILES string of the molecule is N#CCn1cccc1.O=S(=O)(O)C(F)(F)F.